The number of hydrogen-bond acceptors (Lipinski definition) is 8. The number of thioether (sulfide) groups is 1. The highest BCUT2D eigenvalue weighted by atomic mass is 32.2. The monoisotopic (exact) mass is 416 g/mol. The van der Waals surface area contributed by atoms with Gasteiger partial charge in [0.15, 0.2) is 4.34 Å². The highest BCUT2D eigenvalue weighted by Crippen LogP contribution is 2.35. The Kier molecular flexibility index (Phi) is 6.21. The van der Waals surface area contributed by atoms with Crippen LogP contribution in [-0.4, -0.2) is 36.4 Å². The van der Waals surface area contributed by atoms with Crippen LogP contribution >= 0.6 is 23.1 Å². The van der Waals surface area contributed by atoms with Crippen molar-refractivity contribution < 1.29 is 19.1 Å². The van der Waals surface area contributed by atoms with Gasteiger partial charge in [-0.05, 0) is 30.4 Å². The number of thiazole rings is 1. The van der Waals surface area contributed by atoms with Crippen LogP contribution in [0.2, 0.25) is 0 Å². The standard InChI is InChI=1S/C20H20N2O4S2/c1-12(2)27-20-21-15-9-8-13(11-16(15)28-20)22-10-6-5-7-14(18(23)25-3)17(22)19(24)26-4/h5-12H,1-4H3. The molecule has 1 aromatic carbocycles. The van der Waals surface area contributed by atoms with Crippen molar-refractivity contribution >= 4 is 50.9 Å². The summed E-state index contributed by atoms with van der Waals surface area (Å²) in [4.78, 5) is 31.0. The molecule has 1 aliphatic heterocycles. The van der Waals surface area contributed by atoms with Crippen LogP contribution in [0, 0.1) is 0 Å². The summed E-state index contributed by atoms with van der Waals surface area (Å²) in [5.41, 5.74) is 1.84. The second-order valence-corrected chi connectivity index (χ2v) is 8.97. The predicted molar refractivity (Wildman–Crippen MR) is 112 cm³/mol. The minimum Gasteiger partial charge on any atom is -0.465 e. The van der Waals surface area contributed by atoms with Crippen LogP contribution in [0.5, 0.6) is 0 Å². The summed E-state index contributed by atoms with van der Waals surface area (Å²) >= 11 is 3.31. The summed E-state index contributed by atoms with van der Waals surface area (Å²) < 4.78 is 11.8. The number of methoxy groups -OCH3 is 2. The summed E-state index contributed by atoms with van der Waals surface area (Å²) in [7, 11) is 2.56. The Labute approximate surface area is 171 Å². The number of carbonyl (C=O) groups excluding carboxylic acids is 2. The maximum Gasteiger partial charge on any atom is 0.355 e. The first kappa shape index (κ1) is 20.2. The molecule has 0 saturated heterocycles. The number of anilines is 1. The van der Waals surface area contributed by atoms with Gasteiger partial charge in [0.05, 0.1) is 30.0 Å². The van der Waals surface area contributed by atoms with Crippen molar-refractivity contribution in [1.29, 1.82) is 0 Å². The Morgan fingerprint density at radius 1 is 1.14 bits per heavy atom. The van der Waals surface area contributed by atoms with Crippen LogP contribution in [-0.2, 0) is 19.1 Å². The first-order valence-electron chi connectivity index (χ1n) is 8.57. The molecular formula is C20H20N2O4S2. The molecule has 0 N–H and O–H groups in total. The highest BCUT2D eigenvalue weighted by molar-refractivity contribution is 8.01. The van der Waals surface area contributed by atoms with E-state index >= 15 is 0 Å². The van der Waals surface area contributed by atoms with E-state index in [0.717, 1.165) is 20.2 Å². The van der Waals surface area contributed by atoms with E-state index in [1.165, 1.54) is 20.3 Å². The molecule has 8 heteroatoms. The summed E-state index contributed by atoms with van der Waals surface area (Å²) in [5.74, 6) is -1.24. The van der Waals surface area contributed by atoms with E-state index in [-0.39, 0.29) is 11.3 Å². The minimum absolute atomic E-state index is 0.0972. The highest BCUT2D eigenvalue weighted by Gasteiger charge is 2.27. The number of esters is 2. The molecule has 0 amide bonds. The number of hydrogen-bond donors (Lipinski definition) is 0. The van der Waals surface area contributed by atoms with Crippen LogP contribution in [0.15, 0.2) is 58.2 Å². The SMILES string of the molecule is COC(=O)C1=C(C(=O)OC)N(c2ccc3nc(SC(C)C)sc3c2)C=CC=C1. The molecule has 0 fully saturated rings. The van der Waals surface area contributed by atoms with Gasteiger partial charge in [0.25, 0.3) is 0 Å². The predicted octanol–water partition coefficient (Wildman–Crippen LogP) is 4.29. The summed E-state index contributed by atoms with van der Waals surface area (Å²) in [6.07, 6.45) is 6.68. The van der Waals surface area contributed by atoms with Crippen molar-refractivity contribution in [3.8, 4) is 0 Å². The Morgan fingerprint density at radius 2 is 1.89 bits per heavy atom. The van der Waals surface area contributed by atoms with E-state index in [1.54, 1.807) is 46.4 Å². The molecular weight excluding hydrogens is 396 g/mol. The lowest BCUT2D eigenvalue weighted by Gasteiger charge is -2.23. The first-order chi connectivity index (χ1) is 13.4. The molecule has 0 spiro atoms. The molecule has 1 aliphatic rings. The fourth-order valence-corrected chi connectivity index (χ4v) is 4.98. The quantitative estimate of drug-likeness (QED) is 0.532. The van der Waals surface area contributed by atoms with E-state index in [0.29, 0.717) is 5.25 Å². The first-order valence-corrected chi connectivity index (χ1v) is 10.3. The molecule has 2 heterocycles. The number of allylic oxidation sites excluding steroid dienone is 2. The molecule has 0 atom stereocenters. The van der Waals surface area contributed by atoms with E-state index in [2.05, 4.69) is 18.8 Å². The molecule has 1 aromatic heterocycles. The minimum atomic E-state index is -0.628. The number of carbonyl (C=O) groups is 2. The Balaban J connectivity index is 2.11. The van der Waals surface area contributed by atoms with Gasteiger partial charge >= 0.3 is 11.9 Å². The number of aromatic nitrogens is 1. The lowest BCUT2D eigenvalue weighted by Crippen LogP contribution is -2.26. The van der Waals surface area contributed by atoms with Crippen molar-refractivity contribution in [2.75, 3.05) is 19.1 Å². The zero-order valence-corrected chi connectivity index (χ0v) is 17.6. The third-order valence-electron chi connectivity index (χ3n) is 3.86. The zero-order chi connectivity index (χ0) is 20.3. The molecule has 0 radical (unpaired) electrons. The second kappa shape index (κ2) is 8.62. The summed E-state index contributed by atoms with van der Waals surface area (Å²) in [6, 6.07) is 5.72. The molecule has 28 heavy (non-hydrogen) atoms. The van der Waals surface area contributed by atoms with Crippen LogP contribution < -0.4 is 4.90 Å². The average Bonchev–Trinajstić information content (AvgIpc) is 2.93. The summed E-state index contributed by atoms with van der Waals surface area (Å²) in [6.45, 7) is 4.25. The number of fused-ring (bicyclic) bond motifs is 1. The smallest absolute Gasteiger partial charge is 0.355 e. The second-order valence-electron chi connectivity index (χ2n) is 6.11. The molecule has 6 nitrogen and oxygen atoms in total. The molecule has 0 saturated carbocycles. The molecule has 0 aliphatic carbocycles. The van der Waals surface area contributed by atoms with Crippen LogP contribution in [0.4, 0.5) is 5.69 Å². The van der Waals surface area contributed by atoms with E-state index in [1.807, 2.05) is 18.2 Å². The number of ether oxygens (including phenoxy) is 2. The van der Waals surface area contributed by atoms with Gasteiger partial charge in [-0.1, -0.05) is 31.7 Å². The maximum absolute atomic E-state index is 12.5. The lowest BCUT2D eigenvalue weighted by atomic mass is 10.1. The average molecular weight is 417 g/mol. The van der Waals surface area contributed by atoms with Crippen LogP contribution in [0.25, 0.3) is 10.2 Å². The van der Waals surface area contributed by atoms with E-state index < -0.39 is 11.9 Å². The van der Waals surface area contributed by atoms with Gasteiger partial charge in [-0.15, -0.1) is 11.3 Å². The van der Waals surface area contributed by atoms with Gasteiger partial charge in [-0.2, -0.15) is 0 Å². The van der Waals surface area contributed by atoms with Crippen molar-refractivity contribution in [1.82, 2.24) is 4.98 Å². The van der Waals surface area contributed by atoms with Gasteiger partial charge in [0.2, 0.25) is 0 Å². The third kappa shape index (κ3) is 4.13. The van der Waals surface area contributed by atoms with E-state index in [4.69, 9.17) is 9.47 Å². The number of nitrogens with zero attached hydrogens (tertiary/aromatic N) is 2. The zero-order valence-electron chi connectivity index (χ0n) is 16.0. The van der Waals surface area contributed by atoms with E-state index in [9.17, 15) is 9.59 Å². The van der Waals surface area contributed by atoms with Gasteiger partial charge in [0.1, 0.15) is 5.70 Å². The van der Waals surface area contributed by atoms with Crippen LogP contribution in [0.3, 0.4) is 0 Å². The van der Waals surface area contributed by atoms with Gasteiger partial charge in [0, 0.05) is 17.1 Å². The third-order valence-corrected chi connectivity index (χ3v) is 5.97. The van der Waals surface area contributed by atoms with Crippen molar-refractivity contribution in [3.05, 3.63) is 53.9 Å². The largest absolute Gasteiger partial charge is 0.465 e. The maximum atomic E-state index is 12.5. The fourth-order valence-electron chi connectivity index (χ4n) is 2.66. The molecule has 2 aromatic rings. The lowest BCUT2D eigenvalue weighted by molar-refractivity contribution is -0.139. The van der Waals surface area contributed by atoms with Crippen molar-refractivity contribution in [2.24, 2.45) is 0 Å². The number of benzene rings is 1. The van der Waals surface area contributed by atoms with Crippen molar-refractivity contribution in [3.63, 3.8) is 0 Å². The van der Waals surface area contributed by atoms with Crippen molar-refractivity contribution in [2.45, 2.75) is 23.4 Å². The molecule has 0 unspecified atom stereocenters. The fraction of sp³-hybridized carbons (Fsp3) is 0.250. The Morgan fingerprint density at radius 3 is 2.57 bits per heavy atom. The molecule has 146 valence electrons. The molecule has 3 rings (SSSR count). The summed E-state index contributed by atoms with van der Waals surface area (Å²) in [5, 5.41) is 0.441. The Bertz CT molecular complexity index is 1000. The normalized spacial score (nSPS) is 14.0. The van der Waals surface area contributed by atoms with Gasteiger partial charge < -0.3 is 14.4 Å². The number of rotatable bonds is 5. The van der Waals surface area contributed by atoms with Crippen LogP contribution in [0.1, 0.15) is 13.8 Å². The topological polar surface area (TPSA) is 68.7 Å². The van der Waals surface area contributed by atoms with Gasteiger partial charge in [-0.25, -0.2) is 14.6 Å². The Hall–Kier alpha value is -2.58. The molecule has 0 bridgehead atoms. The van der Waals surface area contributed by atoms with Gasteiger partial charge in [-0.3, -0.25) is 0 Å².